The summed E-state index contributed by atoms with van der Waals surface area (Å²) >= 11 is 0. The molecule has 0 amide bonds. The molecule has 0 aromatic heterocycles. The molecule has 0 aromatic rings. The SMILES string of the molecule is CC/C=C\C/C=C\C/C=C\C/C=C\C/C=C\C/C=C\CCCCCCCCCCCCCCCCC(=O)OCC(COP(=O)(O)OCC(O)COP(=O)(O)OCC(O)COC(=O)CCCCCCCCCCCCCCCCCCCCC/C=C\C/C=C\C/C=C\C/C=C\C/C=C\CC)OC(=O)CCCCCCC/C=C\C/C=C\CCCCC. The van der Waals surface area contributed by atoms with E-state index in [0.29, 0.717) is 19.3 Å². The number of aliphatic hydroxyl groups is 2. The van der Waals surface area contributed by atoms with Crippen LogP contribution in [-0.2, 0) is 55.8 Å². The van der Waals surface area contributed by atoms with Gasteiger partial charge in [0.25, 0.3) is 0 Å². The Kier molecular flexibility index (Phi) is 88.6. The van der Waals surface area contributed by atoms with Crippen molar-refractivity contribution >= 4 is 33.6 Å². The van der Waals surface area contributed by atoms with Gasteiger partial charge in [0.2, 0.25) is 0 Å². The maximum Gasteiger partial charge on any atom is 0.472 e. The molecule has 684 valence electrons. The lowest BCUT2D eigenvalue weighted by Crippen LogP contribution is -2.30. The largest absolute Gasteiger partial charge is 0.472 e. The van der Waals surface area contributed by atoms with Crippen molar-refractivity contribution in [3.05, 3.63) is 158 Å². The number of phosphoric ester groups is 2. The molecule has 0 rings (SSSR count). The minimum atomic E-state index is -4.94. The summed E-state index contributed by atoms with van der Waals surface area (Å²) in [6.45, 7) is 2.47. The number of allylic oxidation sites excluding steroid dienone is 26. The lowest BCUT2D eigenvalue weighted by Gasteiger charge is -2.21. The summed E-state index contributed by atoms with van der Waals surface area (Å²) < 4.78 is 61.4. The fourth-order valence-corrected chi connectivity index (χ4v) is 14.6. The second-order valence-corrected chi connectivity index (χ2v) is 34.7. The molecule has 18 heteroatoms. The van der Waals surface area contributed by atoms with Crippen LogP contribution in [-0.4, -0.2) is 95.9 Å². The first-order valence-corrected chi connectivity index (χ1v) is 50.8. The first-order chi connectivity index (χ1) is 58.2. The van der Waals surface area contributed by atoms with Crippen LogP contribution >= 0.6 is 15.6 Å². The van der Waals surface area contributed by atoms with Gasteiger partial charge in [-0.15, -0.1) is 0 Å². The normalized spacial score (nSPS) is 14.4. The molecule has 16 nitrogen and oxygen atoms in total. The highest BCUT2D eigenvalue weighted by Crippen LogP contribution is 2.45. The molecule has 5 atom stereocenters. The summed E-state index contributed by atoms with van der Waals surface area (Å²) in [5, 5.41) is 20.7. The van der Waals surface area contributed by atoms with Crippen molar-refractivity contribution in [1.82, 2.24) is 0 Å². The van der Waals surface area contributed by atoms with Crippen LogP contribution < -0.4 is 0 Å². The molecule has 0 radical (unpaired) electrons. The van der Waals surface area contributed by atoms with Gasteiger partial charge in [0.05, 0.1) is 26.4 Å². The number of ether oxygens (including phenoxy) is 3. The van der Waals surface area contributed by atoms with Gasteiger partial charge in [0, 0.05) is 19.3 Å². The van der Waals surface area contributed by atoms with Gasteiger partial charge >= 0.3 is 33.6 Å². The van der Waals surface area contributed by atoms with E-state index in [1.807, 2.05) is 0 Å². The summed E-state index contributed by atoms with van der Waals surface area (Å²) in [6.07, 6.45) is 119. The number of carbonyl (C=O) groups excluding carboxylic acids is 3. The second kappa shape index (κ2) is 92.4. The van der Waals surface area contributed by atoms with Crippen molar-refractivity contribution in [1.29, 1.82) is 0 Å². The van der Waals surface area contributed by atoms with Crippen molar-refractivity contribution in [2.45, 2.75) is 424 Å². The van der Waals surface area contributed by atoms with Gasteiger partial charge in [-0.1, -0.05) is 397 Å². The summed E-state index contributed by atoms with van der Waals surface area (Å²) in [5.74, 6) is -1.58. The summed E-state index contributed by atoms with van der Waals surface area (Å²) in [4.78, 5) is 58.9. The molecule has 0 spiro atoms. The van der Waals surface area contributed by atoms with Gasteiger partial charge in [0.1, 0.15) is 25.4 Å². The molecule has 119 heavy (non-hydrogen) atoms. The van der Waals surface area contributed by atoms with E-state index < -0.39 is 91.5 Å². The standard InChI is InChI=1S/C101H174O16P2/c1-4-7-10-13-16-19-22-25-28-30-32-34-36-38-40-42-44-46-47-49-51-52-54-56-58-60-62-64-67-69-72-75-78-81-84-87-99(104)111-90-96(102)91-113-118(107,108)114-92-97(103)93-115-119(109,110)116-95-98(117-101(106)89-86-83-80-77-74-71-66-27-24-21-18-15-12-9-6-3)94-112-100(105)88-85-82-79-76-73-70-68-65-63-61-59-57-55-53-50-48-45-43-41-39-37-35-33-31-29-26-23-20-17-14-11-8-5-2/h7-8,10-11,16-21,25-29,32-35,38-41,45,48,66,96-98,102-103H,4-6,9,12-15,22-24,30-31,36-37,42-44,46-47,49-65,67-95H2,1-3H3,(H,107,108)(H,109,110)/b10-7-,11-8-,19-16-,20-17-,21-18-,28-25-,29-26-,34-32-,35-33-,40-38-,41-39-,48-45-,66-27-. The van der Waals surface area contributed by atoms with Gasteiger partial charge in [-0.2, -0.15) is 0 Å². The third-order valence-corrected chi connectivity index (χ3v) is 22.1. The first kappa shape index (κ1) is 114. The van der Waals surface area contributed by atoms with E-state index in [0.717, 1.165) is 167 Å². The molecule has 0 aliphatic heterocycles. The Hall–Kier alpha value is -4.83. The molecule has 0 aromatic carbocycles. The Morgan fingerprint density at radius 3 is 0.706 bits per heavy atom. The number of aliphatic hydroxyl groups excluding tert-OH is 2. The van der Waals surface area contributed by atoms with E-state index in [9.17, 15) is 43.5 Å². The number of phosphoric acid groups is 2. The van der Waals surface area contributed by atoms with E-state index in [1.165, 1.54) is 180 Å². The number of esters is 3. The molecule has 0 saturated carbocycles. The maximum atomic E-state index is 13.0. The van der Waals surface area contributed by atoms with E-state index in [-0.39, 0.29) is 19.3 Å². The number of carbonyl (C=O) groups is 3. The van der Waals surface area contributed by atoms with Crippen LogP contribution in [0.5, 0.6) is 0 Å². The van der Waals surface area contributed by atoms with Crippen LogP contribution in [0.1, 0.15) is 406 Å². The zero-order valence-electron chi connectivity index (χ0n) is 75.5. The third kappa shape index (κ3) is 93.7. The molecule has 0 heterocycles. The van der Waals surface area contributed by atoms with Crippen molar-refractivity contribution in [2.24, 2.45) is 0 Å². The zero-order chi connectivity index (χ0) is 86.5. The maximum absolute atomic E-state index is 13.0. The molecule has 5 unspecified atom stereocenters. The Balaban J connectivity index is 4.42. The van der Waals surface area contributed by atoms with E-state index >= 15 is 0 Å². The van der Waals surface area contributed by atoms with Crippen LogP contribution in [0.3, 0.4) is 0 Å². The van der Waals surface area contributed by atoms with E-state index in [2.05, 4.69) is 179 Å². The van der Waals surface area contributed by atoms with Gasteiger partial charge in [-0.05, 0) is 148 Å². The number of hydrogen-bond donors (Lipinski definition) is 4. The van der Waals surface area contributed by atoms with Crippen molar-refractivity contribution in [3.8, 4) is 0 Å². The Bertz CT molecular complexity index is 2790. The molecule has 0 bridgehead atoms. The first-order valence-electron chi connectivity index (χ1n) is 47.8. The Labute approximate surface area is 727 Å². The van der Waals surface area contributed by atoms with Crippen LogP contribution in [0.2, 0.25) is 0 Å². The predicted octanol–water partition coefficient (Wildman–Crippen LogP) is 29.7. The quantitative estimate of drug-likeness (QED) is 0.0146. The molecule has 0 aliphatic carbocycles. The second-order valence-electron chi connectivity index (χ2n) is 31.8. The van der Waals surface area contributed by atoms with E-state index in [4.69, 9.17) is 32.3 Å². The monoisotopic (exact) mass is 1710 g/mol. The average Bonchev–Trinajstić information content (AvgIpc) is 0.900. The van der Waals surface area contributed by atoms with Crippen molar-refractivity contribution in [2.75, 3.05) is 39.6 Å². The predicted molar refractivity (Wildman–Crippen MR) is 500 cm³/mol. The third-order valence-electron chi connectivity index (χ3n) is 20.2. The highest BCUT2D eigenvalue weighted by molar-refractivity contribution is 7.47. The molecule has 0 saturated heterocycles. The lowest BCUT2D eigenvalue weighted by molar-refractivity contribution is -0.161. The fraction of sp³-hybridized carbons (Fsp3) is 0.713. The number of hydrogen-bond acceptors (Lipinski definition) is 14. The Morgan fingerprint density at radius 2 is 0.445 bits per heavy atom. The topological polar surface area (TPSA) is 231 Å². The molecular formula is C101H174O16P2. The zero-order valence-corrected chi connectivity index (χ0v) is 77.3. The minimum absolute atomic E-state index is 0.0874. The molecule has 0 fully saturated rings. The van der Waals surface area contributed by atoms with Gasteiger partial charge in [0.15, 0.2) is 6.10 Å². The van der Waals surface area contributed by atoms with Crippen LogP contribution in [0, 0.1) is 0 Å². The molecule has 4 N–H and O–H groups in total. The lowest BCUT2D eigenvalue weighted by atomic mass is 10.0. The smallest absolute Gasteiger partial charge is 0.463 e. The highest BCUT2D eigenvalue weighted by atomic mass is 31.2. The van der Waals surface area contributed by atoms with Crippen molar-refractivity contribution in [3.63, 3.8) is 0 Å². The minimum Gasteiger partial charge on any atom is -0.463 e. The van der Waals surface area contributed by atoms with Gasteiger partial charge < -0.3 is 34.2 Å². The van der Waals surface area contributed by atoms with Crippen LogP contribution in [0.4, 0.5) is 0 Å². The molecule has 0 aliphatic rings. The number of unbranched alkanes of at least 4 members (excludes halogenated alkanes) is 41. The fourth-order valence-electron chi connectivity index (χ4n) is 13.0. The average molecular weight is 1710 g/mol. The highest BCUT2D eigenvalue weighted by Gasteiger charge is 2.30. The summed E-state index contributed by atoms with van der Waals surface area (Å²) in [7, 11) is -9.81. The van der Waals surface area contributed by atoms with Crippen LogP contribution in [0.15, 0.2) is 158 Å². The summed E-state index contributed by atoms with van der Waals surface area (Å²) in [5.41, 5.74) is 0. The van der Waals surface area contributed by atoms with Gasteiger partial charge in [-0.25, -0.2) is 9.13 Å². The Morgan fingerprint density at radius 1 is 0.244 bits per heavy atom. The van der Waals surface area contributed by atoms with Gasteiger partial charge in [-0.3, -0.25) is 32.5 Å². The molecular weight excluding hydrogens is 1530 g/mol. The van der Waals surface area contributed by atoms with E-state index in [1.54, 1.807) is 0 Å². The van der Waals surface area contributed by atoms with Crippen molar-refractivity contribution < 1.29 is 75.8 Å². The van der Waals surface area contributed by atoms with Crippen LogP contribution in [0.25, 0.3) is 0 Å². The summed E-state index contributed by atoms with van der Waals surface area (Å²) in [6, 6.07) is 0. The number of rotatable bonds is 90.